The molecule has 28 heavy (non-hydrogen) atoms. The van der Waals surface area contributed by atoms with Gasteiger partial charge in [-0.3, -0.25) is 9.69 Å². The van der Waals surface area contributed by atoms with Gasteiger partial charge >= 0.3 is 5.97 Å². The molecule has 2 aromatic rings. The summed E-state index contributed by atoms with van der Waals surface area (Å²) in [6, 6.07) is 13.7. The van der Waals surface area contributed by atoms with Crippen LogP contribution in [0, 0.1) is 0 Å². The Balaban J connectivity index is 1.43. The van der Waals surface area contributed by atoms with Gasteiger partial charge in [0.25, 0.3) is 5.91 Å². The van der Waals surface area contributed by atoms with Gasteiger partial charge < -0.3 is 14.1 Å². The second-order valence-corrected chi connectivity index (χ2v) is 7.42. The molecule has 1 aliphatic rings. The lowest BCUT2D eigenvalue weighted by molar-refractivity contribution is -0.156. The third-order valence-electron chi connectivity index (χ3n) is 4.55. The van der Waals surface area contributed by atoms with Gasteiger partial charge in [0.1, 0.15) is 5.76 Å². The summed E-state index contributed by atoms with van der Waals surface area (Å²) in [5, 5.41) is 0. The van der Waals surface area contributed by atoms with Crippen LogP contribution in [-0.4, -0.2) is 54.0 Å². The number of ether oxygens (including phenoxy) is 1. The van der Waals surface area contributed by atoms with Gasteiger partial charge in [-0.2, -0.15) is 0 Å². The lowest BCUT2D eigenvalue weighted by Gasteiger charge is -2.35. The first-order valence-corrected chi connectivity index (χ1v) is 9.99. The number of rotatable bonds is 6. The average Bonchev–Trinajstić information content (AvgIpc) is 3.12. The molecule has 0 radical (unpaired) electrons. The van der Waals surface area contributed by atoms with E-state index in [-0.39, 0.29) is 5.91 Å². The maximum atomic E-state index is 12.6. The van der Waals surface area contributed by atoms with E-state index in [2.05, 4.69) is 33.0 Å². The van der Waals surface area contributed by atoms with E-state index in [4.69, 9.17) is 9.15 Å². The quantitative estimate of drug-likeness (QED) is 0.502. The number of hydrogen-bond acceptors (Lipinski definition) is 5. The number of furan rings is 1. The van der Waals surface area contributed by atoms with Crippen molar-refractivity contribution in [3.05, 3.63) is 64.5 Å². The molecule has 0 aliphatic carbocycles. The zero-order chi connectivity index (χ0) is 19.9. The molecule has 2 heterocycles. The summed E-state index contributed by atoms with van der Waals surface area (Å²) in [4.78, 5) is 28.6. The number of carbonyl (C=O) groups is 2. The molecule has 1 amide bonds. The molecule has 0 saturated carbocycles. The number of benzene rings is 1. The maximum absolute atomic E-state index is 12.6. The Bertz CT molecular complexity index is 826. The molecule has 1 fully saturated rings. The minimum absolute atomic E-state index is 0.165. The van der Waals surface area contributed by atoms with Crippen LogP contribution in [0.2, 0.25) is 0 Å². The lowest BCUT2D eigenvalue weighted by Crippen LogP contribution is -2.51. The van der Waals surface area contributed by atoms with E-state index in [1.54, 1.807) is 24.0 Å². The molecule has 0 N–H and O–H groups in total. The smallest absolute Gasteiger partial charge is 0.331 e. The van der Waals surface area contributed by atoms with Gasteiger partial charge in [0.05, 0.1) is 0 Å². The fourth-order valence-corrected chi connectivity index (χ4v) is 3.38. The molecule has 1 aromatic carbocycles. The minimum atomic E-state index is -0.818. The van der Waals surface area contributed by atoms with Gasteiger partial charge in [-0.05, 0) is 46.6 Å². The summed E-state index contributed by atoms with van der Waals surface area (Å²) in [6.45, 7) is 5.34. The summed E-state index contributed by atoms with van der Waals surface area (Å²) < 4.78 is 11.1. The summed E-state index contributed by atoms with van der Waals surface area (Å²) in [7, 11) is 0. The van der Waals surface area contributed by atoms with Crippen LogP contribution in [0.4, 0.5) is 0 Å². The van der Waals surface area contributed by atoms with Gasteiger partial charge in [0.15, 0.2) is 10.8 Å². The molecule has 3 rings (SSSR count). The highest BCUT2D eigenvalue weighted by Gasteiger charge is 2.26. The van der Waals surface area contributed by atoms with E-state index in [9.17, 15) is 9.59 Å². The number of amides is 1. The molecule has 0 spiro atoms. The van der Waals surface area contributed by atoms with Crippen LogP contribution in [-0.2, 0) is 20.9 Å². The molecule has 1 saturated heterocycles. The van der Waals surface area contributed by atoms with Crippen molar-refractivity contribution in [3.63, 3.8) is 0 Å². The third kappa shape index (κ3) is 5.81. The van der Waals surface area contributed by atoms with Gasteiger partial charge in [-0.15, -0.1) is 0 Å². The average molecular weight is 447 g/mol. The van der Waals surface area contributed by atoms with Gasteiger partial charge in [-0.1, -0.05) is 30.3 Å². The first-order valence-electron chi connectivity index (χ1n) is 9.20. The highest BCUT2D eigenvalue weighted by atomic mass is 79.9. The van der Waals surface area contributed by atoms with Crippen molar-refractivity contribution in [3.8, 4) is 0 Å². The highest BCUT2D eigenvalue weighted by Crippen LogP contribution is 2.15. The standard InChI is InChI=1S/C21H23BrN2O4/c1-16(27-20(25)10-8-18-7-9-19(22)28-18)21(26)24-13-11-23(12-14-24)15-17-5-3-2-4-6-17/h2-10,16H,11-15H2,1H3/b10-8+. The van der Waals surface area contributed by atoms with Gasteiger partial charge in [-0.25, -0.2) is 4.79 Å². The third-order valence-corrected chi connectivity index (χ3v) is 4.98. The van der Waals surface area contributed by atoms with Crippen LogP contribution in [0.25, 0.3) is 6.08 Å². The van der Waals surface area contributed by atoms with Crippen molar-refractivity contribution in [2.45, 2.75) is 19.6 Å². The second kappa shape index (κ2) is 9.71. The van der Waals surface area contributed by atoms with E-state index in [0.29, 0.717) is 23.5 Å². The highest BCUT2D eigenvalue weighted by molar-refractivity contribution is 9.10. The van der Waals surface area contributed by atoms with E-state index in [1.807, 2.05) is 18.2 Å². The number of piperazine rings is 1. The largest absolute Gasteiger partial charge is 0.450 e. The fraction of sp³-hybridized carbons (Fsp3) is 0.333. The number of carbonyl (C=O) groups excluding carboxylic acids is 2. The van der Waals surface area contributed by atoms with Crippen molar-refractivity contribution in [1.82, 2.24) is 9.80 Å². The van der Waals surface area contributed by atoms with E-state index >= 15 is 0 Å². The summed E-state index contributed by atoms with van der Waals surface area (Å²) in [6.07, 6.45) is 1.95. The van der Waals surface area contributed by atoms with Crippen molar-refractivity contribution in [2.75, 3.05) is 26.2 Å². The topological polar surface area (TPSA) is 63.0 Å². The monoisotopic (exact) mass is 446 g/mol. The van der Waals surface area contributed by atoms with Crippen LogP contribution < -0.4 is 0 Å². The van der Waals surface area contributed by atoms with Crippen LogP contribution in [0.1, 0.15) is 18.2 Å². The zero-order valence-corrected chi connectivity index (χ0v) is 17.3. The summed E-state index contributed by atoms with van der Waals surface area (Å²) in [5.74, 6) is -0.213. The van der Waals surface area contributed by atoms with Gasteiger partial charge in [0.2, 0.25) is 0 Å². The molecule has 1 aliphatic heterocycles. The Hall–Kier alpha value is -2.38. The molecule has 6 nitrogen and oxygen atoms in total. The van der Waals surface area contributed by atoms with Crippen molar-refractivity contribution in [1.29, 1.82) is 0 Å². The predicted molar refractivity (Wildman–Crippen MR) is 109 cm³/mol. The first-order chi connectivity index (χ1) is 13.5. The van der Waals surface area contributed by atoms with Crippen molar-refractivity contribution in [2.24, 2.45) is 0 Å². The Morgan fingerprint density at radius 3 is 2.50 bits per heavy atom. The number of nitrogens with zero attached hydrogens (tertiary/aromatic N) is 2. The van der Waals surface area contributed by atoms with E-state index < -0.39 is 12.1 Å². The van der Waals surface area contributed by atoms with E-state index in [1.165, 1.54) is 17.7 Å². The Morgan fingerprint density at radius 2 is 1.86 bits per heavy atom. The van der Waals surface area contributed by atoms with Gasteiger partial charge in [0, 0.05) is 38.8 Å². The molecule has 1 unspecified atom stereocenters. The number of halogens is 1. The van der Waals surface area contributed by atoms with E-state index in [0.717, 1.165) is 19.6 Å². The normalized spacial score (nSPS) is 16.3. The Kier molecular flexibility index (Phi) is 7.06. The van der Waals surface area contributed by atoms with Crippen molar-refractivity contribution >= 4 is 33.9 Å². The Morgan fingerprint density at radius 1 is 1.14 bits per heavy atom. The maximum Gasteiger partial charge on any atom is 0.331 e. The number of hydrogen-bond donors (Lipinski definition) is 0. The lowest BCUT2D eigenvalue weighted by atomic mass is 10.2. The Labute approximate surface area is 172 Å². The number of esters is 1. The molecule has 7 heteroatoms. The molecule has 1 aromatic heterocycles. The molecule has 148 valence electrons. The molecule has 1 atom stereocenters. The van der Waals surface area contributed by atoms with Crippen LogP contribution in [0.15, 0.2) is 57.6 Å². The fourth-order valence-electron chi connectivity index (χ4n) is 3.06. The molecule has 0 bridgehead atoms. The summed E-state index contributed by atoms with van der Waals surface area (Å²) >= 11 is 3.19. The molecular formula is C21H23BrN2O4. The van der Waals surface area contributed by atoms with Crippen LogP contribution in [0.3, 0.4) is 0 Å². The minimum Gasteiger partial charge on any atom is -0.450 e. The zero-order valence-electron chi connectivity index (χ0n) is 15.7. The van der Waals surface area contributed by atoms with Crippen LogP contribution >= 0.6 is 15.9 Å². The van der Waals surface area contributed by atoms with Crippen LogP contribution in [0.5, 0.6) is 0 Å². The predicted octanol–water partition coefficient (Wildman–Crippen LogP) is 3.33. The summed E-state index contributed by atoms with van der Waals surface area (Å²) in [5.41, 5.74) is 1.26. The van der Waals surface area contributed by atoms with Crippen molar-refractivity contribution < 1.29 is 18.7 Å². The second-order valence-electron chi connectivity index (χ2n) is 6.64. The first kappa shape index (κ1) is 20.4. The molecular weight excluding hydrogens is 424 g/mol. The SMILES string of the molecule is CC(OC(=O)/C=C/c1ccc(Br)o1)C(=O)N1CCN(Cc2ccccc2)CC1.